The summed E-state index contributed by atoms with van der Waals surface area (Å²) in [5, 5.41) is 11.2. The van der Waals surface area contributed by atoms with Crippen molar-refractivity contribution >= 4 is 19.0 Å². The summed E-state index contributed by atoms with van der Waals surface area (Å²) in [6, 6.07) is 0. The van der Waals surface area contributed by atoms with Crippen LogP contribution in [0.3, 0.4) is 0 Å². The van der Waals surface area contributed by atoms with Gasteiger partial charge in [0.05, 0.1) is 19.0 Å². The van der Waals surface area contributed by atoms with Crippen molar-refractivity contribution in [3.63, 3.8) is 0 Å². The van der Waals surface area contributed by atoms with Gasteiger partial charge in [-0.2, -0.15) is 4.98 Å². The van der Waals surface area contributed by atoms with Gasteiger partial charge in [0.2, 0.25) is 5.88 Å². The Hall–Kier alpha value is -1.69. The molecule has 0 saturated carbocycles. The maximum absolute atomic E-state index is 15.6. The molecule has 0 radical (unpaired) electrons. The van der Waals surface area contributed by atoms with Gasteiger partial charge >= 0.3 is 7.82 Å². The second-order valence-corrected chi connectivity index (χ2v) is 9.25. The molecule has 0 aliphatic carbocycles. The average molecular weight is 446 g/mol. The number of ether oxygens (including phenoxy) is 2. The van der Waals surface area contributed by atoms with E-state index in [4.69, 9.17) is 23.0 Å². The zero-order chi connectivity index (χ0) is 21.9. The van der Waals surface area contributed by atoms with E-state index in [1.54, 1.807) is 27.7 Å². The summed E-state index contributed by atoms with van der Waals surface area (Å²) in [7, 11) is -4.09. The molecule has 4 rings (SSSR count). The maximum atomic E-state index is 15.6. The number of rotatable bonds is 5. The molecule has 0 bridgehead atoms. The fourth-order valence-corrected chi connectivity index (χ4v) is 5.26. The van der Waals surface area contributed by atoms with Crippen molar-refractivity contribution in [3.8, 4) is 5.88 Å². The zero-order valence-corrected chi connectivity index (χ0v) is 18.1. The van der Waals surface area contributed by atoms with E-state index >= 15 is 4.39 Å². The first-order valence-electron chi connectivity index (χ1n) is 9.53. The fourth-order valence-electron chi connectivity index (χ4n) is 3.61. The van der Waals surface area contributed by atoms with E-state index in [-0.39, 0.29) is 11.5 Å². The Labute approximate surface area is 172 Å². The Morgan fingerprint density at radius 3 is 2.87 bits per heavy atom. The molecule has 2 aliphatic heterocycles. The molecule has 0 spiro atoms. The summed E-state index contributed by atoms with van der Waals surface area (Å²) >= 11 is 0. The van der Waals surface area contributed by atoms with E-state index in [9.17, 15) is 9.67 Å². The second-order valence-electron chi connectivity index (χ2n) is 7.68. The lowest BCUT2D eigenvalue weighted by molar-refractivity contribution is -0.220. The van der Waals surface area contributed by atoms with Gasteiger partial charge in [0, 0.05) is 0 Å². The first kappa shape index (κ1) is 21.5. The fraction of sp³-hybridized carbons (Fsp3) is 0.706. The minimum absolute atomic E-state index is 0.262. The van der Waals surface area contributed by atoms with Gasteiger partial charge in [0.15, 0.2) is 23.5 Å². The lowest BCUT2D eigenvalue weighted by Crippen LogP contribution is -2.52. The van der Waals surface area contributed by atoms with Gasteiger partial charge in [-0.3, -0.25) is 18.1 Å². The molecule has 13 heteroatoms. The van der Waals surface area contributed by atoms with Crippen molar-refractivity contribution < 1.29 is 37.1 Å². The van der Waals surface area contributed by atoms with Crippen LogP contribution in [0, 0.1) is 6.92 Å². The third-order valence-corrected chi connectivity index (χ3v) is 6.35. The van der Waals surface area contributed by atoms with Crippen molar-refractivity contribution in [2.45, 2.75) is 64.5 Å². The van der Waals surface area contributed by atoms with Crippen molar-refractivity contribution in [1.29, 1.82) is 0 Å². The molecule has 2 fully saturated rings. The lowest BCUT2D eigenvalue weighted by atomic mass is 9.95. The largest absolute Gasteiger partial charge is 0.476 e. The minimum atomic E-state index is -4.09. The molecular formula is C17H24FN4O7P. The van der Waals surface area contributed by atoms with Crippen molar-refractivity contribution in [3.05, 3.63) is 12.2 Å². The topological polar surface area (TPSA) is 127 Å². The predicted octanol–water partition coefficient (Wildman–Crippen LogP) is 2.43. The third kappa shape index (κ3) is 3.41. The van der Waals surface area contributed by atoms with Gasteiger partial charge in [0.25, 0.3) is 5.85 Å². The monoisotopic (exact) mass is 446 g/mol. The van der Waals surface area contributed by atoms with Crippen LogP contribution in [0.4, 0.5) is 4.39 Å². The number of halogens is 1. The molecule has 2 aliphatic rings. The van der Waals surface area contributed by atoms with E-state index in [2.05, 4.69) is 15.0 Å². The number of fused-ring (bicyclic) bond motifs is 2. The van der Waals surface area contributed by atoms with Crippen molar-refractivity contribution in [1.82, 2.24) is 19.5 Å². The molecule has 0 aromatic carbocycles. The van der Waals surface area contributed by atoms with Crippen molar-refractivity contribution in [2.24, 2.45) is 0 Å². The van der Waals surface area contributed by atoms with Crippen LogP contribution in [0.1, 0.15) is 39.7 Å². The molecule has 2 aromatic rings. The molecule has 4 heterocycles. The van der Waals surface area contributed by atoms with E-state index in [0.29, 0.717) is 17.9 Å². The Balaban J connectivity index is 1.74. The highest BCUT2D eigenvalue weighted by Gasteiger charge is 2.69. The van der Waals surface area contributed by atoms with Gasteiger partial charge < -0.3 is 14.6 Å². The van der Waals surface area contributed by atoms with Crippen LogP contribution in [0.25, 0.3) is 11.2 Å². The van der Waals surface area contributed by atoms with Crippen LogP contribution in [-0.2, 0) is 22.9 Å². The number of phosphoric acid groups is 1. The predicted molar refractivity (Wildman–Crippen MR) is 100 cm³/mol. The number of hydrogen-bond donors (Lipinski definition) is 1. The number of aromatic nitrogens is 4. The molecule has 5 atom stereocenters. The molecule has 2 aromatic heterocycles. The SMILES string of the molecule is CCOc1nc(C)nc2c1ncn2[C@@H]1O[C@]2(F)COP(=O)(OC(C)C)OC2[C@@]1(C)O. The Morgan fingerprint density at radius 2 is 2.20 bits per heavy atom. The van der Waals surface area contributed by atoms with E-state index < -0.39 is 44.3 Å². The summed E-state index contributed by atoms with van der Waals surface area (Å²) in [5.74, 6) is -1.91. The molecule has 2 unspecified atom stereocenters. The van der Waals surface area contributed by atoms with Gasteiger partial charge in [0.1, 0.15) is 18.0 Å². The molecule has 166 valence electrons. The highest BCUT2D eigenvalue weighted by Crippen LogP contribution is 2.62. The highest BCUT2D eigenvalue weighted by molar-refractivity contribution is 7.48. The third-order valence-electron chi connectivity index (χ3n) is 4.76. The van der Waals surface area contributed by atoms with Crippen LogP contribution in [0.5, 0.6) is 5.88 Å². The molecule has 1 N–H and O–H groups in total. The maximum Gasteiger partial charge on any atom is 0.475 e. The highest BCUT2D eigenvalue weighted by atomic mass is 31.2. The van der Waals surface area contributed by atoms with Gasteiger partial charge in [-0.05, 0) is 34.6 Å². The van der Waals surface area contributed by atoms with E-state index in [1.165, 1.54) is 17.8 Å². The summed E-state index contributed by atoms with van der Waals surface area (Å²) in [6.07, 6.45) is -2.11. The molecular weight excluding hydrogens is 422 g/mol. The van der Waals surface area contributed by atoms with Crippen LogP contribution in [0.15, 0.2) is 6.33 Å². The van der Waals surface area contributed by atoms with Gasteiger partial charge in [-0.1, -0.05) is 0 Å². The smallest absolute Gasteiger partial charge is 0.475 e. The van der Waals surface area contributed by atoms with Crippen molar-refractivity contribution in [2.75, 3.05) is 13.2 Å². The van der Waals surface area contributed by atoms with E-state index in [0.717, 1.165) is 0 Å². The standard InChI is InChI=1S/C17H24FN4O7P/c1-6-25-13-11-12(20-10(4)21-13)22(8-19-11)15-16(5,23)14-17(18,27-15)7-26-30(24,29-14)28-9(2)3/h8-9,14-15,23H,6-7H2,1-5H3/t14?,15-,16-,17-,30?/m1/s1. The zero-order valence-electron chi connectivity index (χ0n) is 17.2. The van der Waals surface area contributed by atoms with Crippen LogP contribution < -0.4 is 4.74 Å². The summed E-state index contributed by atoms with van der Waals surface area (Å²) in [4.78, 5) is 12.8. The first-order valence-corrected chi connectivity index (χ1v) is 11.0. The number of aliphatic hydroxyl groups is 1. The molecule has 30 heavy (non-hydrogen) atoms. The number of nitrogens with zero attached hydrogens (tertiary/aromatic N) is 4. The van der Waals surface area contributed by atoms with Gasteiger partial charge in [-0.25, -0.2) is 18.9 Å². The van der Waals surface area contributed by atoms with Crippen LogP contribution in [-0.4, -0.2) is 61.5 Å². The summed E-state index contributed by atoms with van der Waals surface area (Å²) in [5.41, 5.74) is -1.36. The number of alkyl halides is 1. The molecule has 11 nitrogen and oxygen atoms in total. The molecule has 0 amide bonds. The summed E-state index contributed by atoms with van der Waals surface area (Å²) in [6.45, 7) is 7.67. The number of aryl methyl sites for hydroxylation is 1. The number of hydrogen-bond acceptors (Lipinski definition) is 10. The quantitative estimate of drug-likeness (QED) is 0.684. The Kier molecular flexibility index (Phi) is 5.16. The van der Waals surface area contributed by atoms with E-state index in [1.807, 2.05) is 0 Å². The Bertz CT molecular complexity index is 1020. The number of imidazole rings is 1. The molecule has 2 saturated heterocycles. The second kappa shape index (κ2) is 7.18. The minimum Gasteiger partial charge on any atom is -0.476 e. The average Bonchev–Trinajstić information content (AvgIpc) is 3.13. The van der Waals surface area contributed by atoms with Crippen LogP contribution >= 0.6 is 7.82 Å². The first-order chi connectivity index (χ1) is 14.0. The number of phosphoric ester groups is 1. The van der Waals surface area contributed by atoms with Crippen LogP contribution in [0.2, 0.25) is 0 Å². The lowest BCUT2D eigenvalue weighted by Gasteiger charge is -2.37. The Morgan fingerprint density at radius 1 is 1.47 bits per heavy atom. The summed E-state index contributed by atoms with van der Waals surface area (Å²) < 4.78 is 56.3. The normalized spacial score (nSPS) is 36.4. The van der Waals surface area contributed by atoms with Gasteiger partial charge in [-0.15, -0.1) is 0 Å².